The van der Waals surface area contributed by atoms with Gasteiger partial charge in [-0.15, -0.1) is 0 Å². The van der Waals surface area contributed by atoms with Crippen molar-refractivity contribution in [1.82, 2.24) is 13.9 Å². The number of hydrogen-bond donors (Lipinski definition) is 1. The zero-order valence-electron chi connectivity index (χ0n) is 10.6. The Kier molecular flexibility index (Phi) is 4.41. The molecule has 100 valence electrons. The van der Waals surface area contributed by atoms with Gasteiger partial charge < -0.3 is 5.32 Å². The van der Waals surface area contributed by atoms with Crippen LogP contribution in [0.1, 0.15) is 25.7 Å². The molecule has 0 amide bonds. The molecule has 0 saturated carbocycles. The predicted octanol–water partition coefficient (Wildman–Crippen LogP) is 0.258. The number of nitrogens with zero attached hydrogens (tertiary/aromatic N) is 2. The van der Waals surface area contributed by atoms with Crippen molar-refractivity contribution in [1.29, 1.82) is 0 Å². The SMILES string of the molecule is CNCC1CCN(S(=O)(=O)N2CCCC2)CC1. The largest absolute Gasteiger partial charge is 0.319 e. The van der Waals surface area contributed by atoms with Gasteiger partial charge >= 0.3 is 0 Å². The molecule has 0 atom stereocenters. The van der Waals surface area contributed by atoms with E-state index in [4.69, 9.17) is 0 Å². The van der Waals surface area contributed by atoms with Gasteiger partial charge in [0.05, 0.1) is 0 Å². The van der Waals surface area contributed by atoms with Gasteiger partial charge in [-0.2, -0.15) is 17.0 Å². The van der Waals surface area contributed by atoms with Gasteiger partial charge in [0, 0.05) is 26.2 Å². The molecule has 17 heavy (non-hydrogen) atoms. The highest BCUT2D eigenvalue weighted by molar-refractivity contribution is 7.86. The molecule has 2 saturated heterocycles. The van der Waals surface area contributed by atoms with Gasteiger partial charge in [-0.25, -0.2) is 0 Å². The molecule has 0 unspecified atom stereocenters. The summed E-state index contributed by atoms with van der Waals surface area (Å²) in [6.07, 6.45) is 3.98. The zero-order valence-corrected chi connectivity index (χ0v) is 11.4. The molecule has 2 aliphatic heterocycles. The summed E-state index contributed by atoms with van der Waals surface area (Å²) in [7, 11) is -1.20. The fourth-order valence-corrected chi connectivity index (χ4v) is 4.43. The lowest BCUT2D eigenvalue weighted by molar-refractivity contribution is 0.256. The van der Waals surface area contributed by atoms with Crippen LogP contribution in [0.15, 0.2) is 0 Å². The number of rotatable bonds is 4. The summed E-state index contributed by atoms with van der Waals surface area (Å²) < 4.78 is 27.9. The van der Waals surface area contributed by atoms with E-state index in [1.54, 1.807) is 8.61 Å². The zero-order chi connectivity index (χ0) is 12.3. The molecule has 0 aromatic carbocycles. The first kappa shape index (κ1) is 13.3. The van der Waals surface area contributed by atoms with E-state index in [0.29, 0.717) is 32.1 Å². The molecule has 6 heteroatoms. The molecule has 0 spiro atoms. The number of hydrogen-bond acceptors (Lipinski definition) is 3. The van der Waals surface area contributed by atoms with Crippen molar-refractivity contribution in [3.05, 3.63) is 0 Å². The lowest BCUT2D eigenvalue weighted by atomic mass is 9.98. The van der Waals surface area contributed by atoms with Crippen molar-refractivity contribution < 1.29 is 8.42 Å². The summed E-state index contributed by atoms with van der Waals surface area (Å²) in [5, 5.41) is 3.17. The van der Waals surface area contributed by atoms with Gasteiger partial charge in [0.25, 0.3) is 10.2 Å². The average molecular weight is 261 g/mol. The van der Waals surface area contributed by atoms with Gasteiger partial charge in [0.15, 0.2) is 0 Å². The molecule has 1 N–H and O–H groups in total. The van der Waals surface area contributed by atoms with Crippen molar-refractivity contribution in [2.24, 2.45) is 5.92 Å². The molecule has 0 aromatic heterocycles. The van der Waals surface area contributed by atoms with E-state index < -0.39 is 10.2 Å². The smallest absolute Gasteiger partial charge is 0.281 e. The maximum Gasteiger partial charge on any atom is 0.281 e. The summed E-state index contributed by atoms with van der Waals surface area (Å²) in [5.74, 6) is 0.630. The second-order valence-corrected chi connectivity index (χ2v) is 6.94. The monoisotopic (exact) mass is 261 g/mol. The third kappa shape index (κ3) is 2.99. The third-order valence-corrected chi connectivity index (χ3v) is 5.82. The first-order valence-corrected chi connectivity index (χ1v) is 7.94. The fraction of sp³-hybridized carbons (Fsp3) is 1.00. The molecule has 2 heterocycles. The normalized spacial score (nSPS) is 25.5. The summed E-state index contributed by atoms with van der Waals surface area (Å²) in [4.78, 5) is 0. The quantitative estimate of drug-likeness (QED) is 0.790. The maximum atomic E-state index is 12.3. The Bertz CT molecular complexity index is 331. The van der Waals surface area contributed by atoms with Gasteiger partial charge in [-0.3, -0.25) is 0 Å². The molecular formula is C11H23N3O2S. The molecule has 5 nitrogen and oxygen atoms in total. The van der Waals surface area contributed by atoms with E-state index in [0.717, 1.165) is 32.2 Å². The van der Waals surface area contributed by atoms with Crippen LogP contribution in [0, 0.1) is 5.92 Å². The Hall–Kier alpha value is -0.170. The highest BCUT2D eigenvalue weighted by atomic mass is 32.2. The minimum Gasteiger partial charge on any atom is -0.319 e. The molecule has 0 radical (unpaired) electrons. The van der Waals surface area contributed by atoms with Crippen molar-refractivity contribution in [2.75, 3.05) is 39.8 Å². The van der Waals surface area contributed by atoms with E-state index in [9.17, 15) is 8.42 Å². The summed E-state index contributed by atoms with van der Waals surface area (Å²) in [6, 6.07) is 0. The van der Waals surface area contributed by atoms with E-state index in [1.165, 1.54) is 0 Å². The lowest BCUT2D eigenvalue weighted by Crippen LogP contribution is -2.46. The van der Waals surface area contributed by atoms with Crippen LogP contribution in [0.25, 0.3) is 0 Å². The lowest BCUT2D eigenvalue weighted by Gasteiger charge is -2.33. The van der Waals surface area contributed by atoms with Crippen LogP contribution in [-0.2, 0) is 10.2 Å². The Morgan fingerprint density at radius 3 is 2.12 bits per heavy atom. The molecular weight excluding hydrogens is 238 g/mol. The van der Waals surface area contributed by atoms with Gasteiger partial charge in [-0.1, -0.05) is 0 Å². The fourth-order valence-electron chi connectivity index (χ4n) is 2.71. The van der Waals surface area contributed by atoms with Crippen molar-refractivity contribution >= 4 is 10.2 Å². The second kappa shape index (κ2) is 5.65. The minimum atomic E-state index is -3.15. The van der Waals surface area contributed by atoms with Crippen molar-refractivity contribution in [3.8, 4) is 0 Å². The van der Waals surface area contributed by atoms with Gasteiger partial charge in [-0.05, 0) is 45.2 Å². The summed E-state index contributed by atoms with van der Waals surface area (Å²) in [6.45, 7) is 3.78. The van der Waals surface area contributed by atoms with Crippen LogP contribution >= 0.6 is 0 Å². The molecule has 0 aromatic rings. The van der Waals surface area contributed by atoms with Crippen LogP contribution in [0.3, 0.4) is 0 Å². The van der Waals surface area contributed by atoms with Crippen molar-refractivity contribution in [3.63, 3.8) is 0 Å². The summed E-state index contributed by atoms with van der Waals surface area (Å²) >= 11 is 0. The standard InChI is InChI=1S/C11H23N3O2S/c1-12-10-11-4-8-14(9-5-11)17(15,16)13-6-2-3-7-13/h11-12H,2-10H2,1H3. The summed E-state index contributed by atoms with van der Waals surface area (Å²) in [5.41, 5.74) is 0. The van der Waals surface area contributed by atoms with Crippen LogP contribution in [-0.4, -0.2) is 56.8 Å². The number of piperidine rings is 1. The molecule has 2 rings (SSSR count). The number of nitrogens with one attached hydrogen (secondary N) is 1. The Balaban J connectivity index is 1.91. The molecule has 0 bridgehead atoms. The predicted molar refractivity (Wildman–Crippen MR) is 68.0 cm³/mol. The van der Waals surface area contributed by atoms with E-state index in [1.807, 2.05) is 7.05 Å². The second-order valence-electron chi connectivity index (χ2n) is 5.01. The van der Waals surface area contributed by atoms with Gasteiger partial charge in [0.1, 0.15) is 0 Å². The van der Waals surface area contributed by atoms with Crippen LogP contribution in [0.4, 0.5) is 0 Å². The Morgan fingerprint density at radius 2 is 1.59 bits per heavy atom. The van der Waals surface area contributed by atoms with Crippen LogP contribution in [0.5, 0.6) is 0 Å². The third-order valence-electron chi connectivity index (χ3n) is 3.78. The van der Waals surface area contributed by atoms with Crippen LogP contribution in [0.2, 0.25) is 0 Å². The van der Waals surface area contributed by atoms with E-state index in [2.05, 4.69) is 5.32 Å². The Morgan fingerprint density at radius 1 is 1.06 bits per heavy atom. The highest BCUT2D eigenvalue weighted by Crippen LogP contribution is 2.23. The topological polar surface area (TPSA) is 52.7 Å². The minimum absolute atomic E-state index is 0.630. The van der Waals surface area contributed by atoms with E-state index >= 15 is 0 Å². The molecule has 0 aliphatic carbocycles. The first-order chi connectivity index (χ1) is 8.14. The van der Waals surface area contributed by atoms with E-state index in [-0.39, 0.29) is 0 Å². The molecule has 2 fully saturated rings. The highest BCUT2D eigenvalue weighted by Gasteiger charge is 2.33. The van der Waals surface area contributed by atoms with Crippen molar-refractivity contribution in [2.45, 2.75) is 25.7 Å². The van der Waals surface area contributed by atoms with Crippen LogP contribution < -0.4 is 5.32 Å². The van der Waals surface area contributed by atoms with Gasteiger partial charge in [0.2, 0.25) is 0 Å². The molecule has 2 aliphatic rings. The average Bonchev–Trinajstić information content (AvgIpc) is 2.84. The first-order valence-electron chi connectivity index (χ1n) is 6.54. The Labute approximate surface area is 104 Å². The maximum absolute atomic E-state index is 12.3.